The van der Waals surface area contributed by atoms with E-state index in [0.717, 1.165) is 31.6 Å². The summed E-state index contributed by atoms with van der Waals surface area (Å²) in [7, 11) is 0. The van der Waals surface area contributed by atoms with Crippen LogP contribution in [0.2, 0.25) is 0 Å². The number of hydrogen-bond acceptors (Lipinski definition) is 0. The number of unbranched alkanes of at least 4 members (excludes halogenated alkanes) is 1. The van der Waals surface area contributed by atoms with E-state index in [1.807, 2.05) is 0 Å². The van der Waals surface area contributed by atoms with Gasteiger partial charge in [0.2, 0.25) is 0 Å². The van der Waals surface area contributed by atoms with Gasteiger partial charge < -0.3 is 0 Å². The van der Waals surface area contributed by atoms with Crippen LogP contribution in [0.5, 0.6) is 0 Å². The molecule has 0 N–H and O–H groups in total. The summed E-state index contributed by atoms with van der Waals surface area (Å²) in [4.78, 5) is 0. The summed E-state index contributed by atoms with van der Waals surface area (Å²) >= 11 is 0. The average Bonchev–Trinajstić information content (AvgIpc) is 2.26. The molecular weight excluding hydrogens is 192 g/mol. The predicted molar refractivity (Wildman–Crippen MR) is 73.6 cm³/mol. The number of rotatable bonds is 6. The molecule has 0 heteroatoms. The zero-order valence-corrected chi connectivity index (χ0v) is 11.8. The molecule has 0 saturated heterocycles. The smallest absolute Gasteiger partial charge is 0.0308 e. The van der Waals surface area contributed by atoms with E-state index in [1.165, 1.54) is 19.3 Å². The van der Waals surface area contributed by atoms with Crippen molar-refractivity contribution in [3.8, 4) is 0 Å². The predicted octanol–water partition coefficient (Wildman–Crippen LogP) is 5.67. The maximum Gasteiger partial charge on any atom is 0.0308 e. The minimum Gasteiger partial charge on any atom is -0.0628 e. The van der Waals surface area contributed by atoms with E-state index in [9.17, 15) is 0 Å². The second kappa shape index (κ2) is 7.35. The molecule has 96 valence electrons. The van der Waals surface area contributed by atoms with Crippen molar-refractivity contribution >= 4 is 0 Å². The van der Waals surface area contributed by atoms with Crippen LogP contribution in [0.1, 0.15) is 81.8 Å². The summed E-state index contributed by atoms with van der Waals surface area (Å²) in [5.74, 6) is 1.15. The third-order valence-electron chi connectivity index (χ3n) is 3.89. The van der Waals surface area contributed by atoms with Crippen molar-refractivity contribution < 1.29 is 2.74 Å². The molecule has 0 aromatic carbocycles. The van der Waals surface area contributed by atoms with E-state index >= 15 is 0 Å². The van der Waals surface area contributed by atoms with Crippen LogP contribution >= 0.6 is 0 Å². The Labute approximate surface area is 106 Å². The highest BCUT2D eigenvalue weighted by molar-refractivity contribution is 4.77. The summed E-state index contributed by atoms with van der Waals surface area (Å²) in [5.41, 5.74) is 0. The Morgan fingerprint density at radius 2 is 1.94 bits per heavy atom. The third kappa shape index (κ3) is 4.89. The minimum absolute atomic E-state index is 0.0118. The Morgan fingerprint density at radius 3 is 2.56 bits per heavy atom. The largest absolute Gasteiger partial charge is 0.0628 e. The molecule has 3 unspecified atom stereocenters. The normalized spacial score (nSPS) is 37.6. The van der Waals surface area contributed by atoms with E-state index in [4.69, 9.17) is 2.74 Å². The van der Waals surface area contributed by atoms with Crippen molar-refractivity contribution in [2.45, 2.75) is 79.0 Å². The van der Waals surface area contributed by atoms with Gasteiger partial charge in [-0.05, 0) is 30.1 Å². The second-order valence-electron chi connectivity index (χ2n) is 6.14. The SMILES string of the molecule is [2H]C1CCCC([2H])(C(C)C)C1CCCCC(C)C. The average molecular weight is 226 g/mol. The Bertz CT molecular complexity index is 237. The Morgan fingerprint density at radius 1 is 1.19 bits per heavy atom. The van der Waals surface area contributed by atoms with E-state index in [0.29, 0.717) is 11.8 Å². The van der Waals surface area contributed by atoms with Crippen LogP contribution < -0.4 is 0 Å². The van der Waals surface area contributed by atoms with E-state index in [-0.39, 0.29) is 12.3 Å². The summed E-state index contributed by atoms with van der Waals surface area (Å²) < 4.78 is 17.0. The lowest BCUT2D eigenvalue weighted by Gasteiger charge is -2.34. The first kappa shape index (κ1) is 11.1. The molecule has 3 atom stereocenters. The van der Waals surface area contributed by atoms with Gasteiger partial charge in [-0.25, -0.2) is 0 Å². The zero-order valence-electron chi connectivity index (χ0n) is 13.8. The molecule has 1 aliphatic carbocycles. The van der Waals surface area contributed by atoms with Gasteiger partial charge in [0.15, 0.2) is 0 Å². The molecule has 1 fully saturated rings. The summed E-state index contributed by atoms with van der Waals surface area (Å²) in [6, 6.07) is 0. The van der Waals surface area contributed by atoms with Crippen LogP contribution in [0.4, 0.5) is 0 Å². The molecule has 0 bridgehead atoms. The van der Waals surface area contributed by atoms with Crippen molar-refractivity contribution in [1.82, 2.24) is 0 Å². The van der Waals surface area contributed by atoms with Crippen LogP contribution in [0.25, 0.3) is 0 Å². The van der Waals surface area contributed by atoms with Crippen molar-refractivity contribution in [2.75, 3.05) is 0 Å². The van der Waals surface area contributed by atoms with Crippen LogP contribution in [0, 0.1) is 23.6 Å². The molecule has 16 heavy (non-hydrogen) atoms. The molecule has 0 nitrogen and oxygen atoms in total. The molecule has 1 saturated carbocycles. The van der Waals surface area contributed by atoms with Gasteiger partial charge in [0.1, 0.15) is 0 Å². The third-order valence-corrected chi connectivity index (χ3v) is 3.89. The fourth-order valence-corrected chi connectivity index (χ4v) is 2.90. The lowest BCUT2D eigenvalue weighted by Crippen LogP contribution is -2.24. The monoisotopic (exact) mass is 226 g/mol. The molecule has 0 amide bonds. The van der Waals surface area contributed by atoms with Crippen LogP contribution in [0.15, 0.2) is 0 Å². The standard InChI is InChI=1S/C16H32/c1-13(2)9-5-6-10-15-11-7-8-12-16(15)14(3)4/h13-16H,5-12H2,1-4H3/i11D,16D. The highest BCUT2D eigenvalue weighted by Gasteiger charge is 2.26. The lowest BCUT2D eigenvalue weighted by atomic mass is 9.71. The highest BCUT2D eigenvalue weighted by atomic mass is 14.3. The fourth-order valence-electron chi connectivity index (χ4n) is 2.90. The van der Waals surface area contributed by atoms with E-state index in [1.54, 1.807) is 0 Å². The van der Waals surface area contributed by atoms with Gasteiger partial charge >= 0.3 is 0 Å². The highest BCUT2D eigenvalue weighted by Crippen LogP contribution is 2.37. The van der Waals surface area contributed by atoms with Crippen LogP contribution in [-0.4, -0.2) is 0 Å². The van der Waals surface area contributed by atoms with Gasteiger partial charge in [0, 0.05) is 2.74 Å². The van der Waals surface area contributed by atoms with Crippen molar-refractivity contribution in [3.05, 3.63) is 0 Å². The van der Waals surface area contributed by atoms with Crippen LogP contribution in [-0.2, 0) is 0 Å². The van der Waals surface area contributed by atoms with Gasteiger partial charge in [0.25, 0.3) is 0 Å². The quantitative estimate of drug-likeness (QED) is 0.512. The maximum absolute atomic E-state index is 8.76. The number of hydrogen-bond donors (Lipinski definition) is 0. The molecular formula is C16H32. The molecule has 0 spiro atoms. The Hall–Kier alpha value is 0. The Kier molecular flexibility index (Phi) is 5.10. The molecule has 0 heterocycles. The first-order valence-electron chi connectivity index (χ1n) is 8.38. The Balaban J connectivity index is 2.51. The zero-order chi connectivity index (χ0) is 13.8. The van der Waals surface area contributed by atoms with Gasteiger partial charge in [-0.2, -0.15) is 0 Å². The van der Waals surface area contributed by atoms with Crippen molar-refractivity contribution in [3.63, 3.8) is 0 Å². The van der Waals surface area contributed by atoms with Crippen molar-refractivity contribution in [1.29, 1.82) is 0 Å². The molecule has 0 aromatic heterocycles. The topological polar surface area (TPSA) is 0 Å². The molecule has 1 rings (SSSR count). The molecule has 0 radical (unpaired) electrons. The van der Waals surface area contributed by atoms with Gasteiger partial charge in [0.05, 0.1) is 0 Å². The summed E-state index contributed by atoms with van der Waals surface area (Å²) in [6.45, 7) is 8.89. The first-order chi connectivity index (χ1) is 8.38. The first-order valence-corrected chi connectivity index (χ1v) is 7.30. The van der Waals surface area contributed by atoms with E-state index < -0.39 is 0 Å². The summed E-state index contributed by atoms with van der Waals surface area (Å²) in [6.07, 6.45) is 8.00. The second-order valence-corrected chi connectivity index (χ2v) is 6.14. The molecule has 0 aromatic rings. The van der Waals surface area contributed by atoms with Gasteiger partial charge in [-0.1, -0.05) is 72.6 Å². The van der Waals surface area contributed by atoms with Crippen LogP contribution in [0.3, 0.4) is 0 Å². The van der Waals surface area contributed by atoms with E-state index in [2.05, 4.69) is 27.7 Å². The van der Waals surface area contributed by atoms with Crippen molar-refractivity contribution in [2.24, 2.45) is 23.6 Å². The fraction of sp³-hybridized carbons (Fsp3) is 1.00. The lowest BCUT2D eigenvalue weighted by molar-refractivity contribution is 0.166. The van der Waals surface area contributed by atoms with Gasteiger partial charge in [-0.15, -0.1) is 0 Å². The summed E-state index contributed by atoms with van der Waals surface area (Å²) in [5, 5.41) is 0. The molecule has 0 aliphatic heterocycles. The maximum atomic E-state index is 8.76. The van der Waals surface area contributed by atoms with Gasteiger partial charge in [-0.3, -0.25) is 0 Å². The minimum atomic E-state index is -0.331. The molecule has 1 aliphatic rings.